The Labute approximate surface area is 117 Å². The minimum Gasteiger partial charge on any atom is -0.312 e. The summed E-state index contributed by atoms with van der Waals surface area (Å²) in [5.41, 5.74) is 1.50. The van der Waals surface area contributed by atoms with Crippen LogP contribution >= 0.6 is 0 Å². The Hall–Kier alpha value is -0.830. The van der Waals surface area contributed by atoms with Crippen molar-refractivity contribution in [3.05, 3.63) is 18.0 Å². The third-order valence-corrected chi connectivity index (χ3v) is 4.13. The molecule has 0 spiro atoms. The second-order valence-corrected chi connectivity index (χ2v) is 7.31. The van der Waals surface area contributed by atoms with Gasteiger partial charge in [-0.1, -0.05) is 0 Å². The summed E-state index contributed by atoms with van der Waals surface area (Å²) in [5, 5.41) is 8.31. The van der Waals surface area contributed by atoms with Gasteiger partial charge in [0.05, 0.1) is 5.69 Å². The minimum absolute atomic E-state index is 0.235. The molecule has 1 aromatic heterocycles. The predicted octanol–water partition coefficient (Wildman–Crippen LogP) is 3.42. The number of nitrogens with zero attached hydrogens (tertiary/aromatic N) is 2. The molecule has 0 saturated heterocycles. The number of rotatable bonds is 5. The Morgan fingerprint density at radius 3 is 2.47 bits per heavy atom. The topological polar surface area (TPSA) is 29.9 Å². The van der Waals surface area contributed by atoms with Crippen LogP contribution in [0.3, 0.4) is 0 Å². The molecule has 1 fully saturated rings. The molecule has 1 aliphatic carbocycles. The summed E-state index contributed by atoms with van der Waals surface area (Å²) in [5.74, 6) is 1.66. The van der Waals surface area contributed by atoms with Crippen LogP contribution in [0.25, 0.3) is 0 Å². The quantitative estimate of drug-likeness (QED) is 0.882. The molecule has 2 atom stereocenters. The Kier molecular flexibility index (Phi) is 4.34. The van der Waals surface area contributed by atoms with Gasteiger partial charge in [-0.3, -0.25) is 4.68 Å². The summed E-state index contributed by atoms with van der Waals surface area (Å²) in [7, 11) is 0. The zero-order valence-electron chi connectivity index (χ0n) is 13.1. The monoisotopic (exact) mass is 263 g/mol. The van der Waals surface area contributed by atoms with Crippen molar-refractivity contribution < 1.29 is 0 Å². The van der Waals surface area contributed by atoms with E-state index >= 15 is 0 Å². The highest BCUT2D eigenvalue weighted by Gasteiger charge is 2.31. The van der Waals surface area contributed by atoms with E-state index in [9.17, 15) is 0 Å². The lowest BCUT2D eigenvalue weighted by atomic mass is 9.71. The fourth-order valence-corrected chi connectivity index (χ4v) is 2.66. The number of aromatic nitrogens is 2. The average molecular weight is 263 g/mol. The maximum atomic E-state index is 4.67. The molecule has 1 aliphatic rings. The standard InChI is InChI=1S/C16H29N3/c1-12(2)19-9-8-15(18-19)10-13-6-7-14(13)11-17-16(3,4)5/h8-9,12-14,17H,6-7,10-11H2,1-5H3. The smallest absolute Gasteiger partial charge is 0.0627 e. The summed E-state index contributed by atoms with van der Waals surface area (Å²) in [6.45, 7) is 12.2. The zero-order chi connectivity index (χ0) is 14.0. The lowest BCUT2D eigenvalue weighted by Gasteiger charge is -2.38. The van der Waals surface area contributed by atoms with Crippen LogP contribution in [0.5, 0.6) is 0 Å². The van der Waals surface area contributed by atoms with Crippen LogP contribution in [0.2, 0.25) is 0 Å². The summed E-state index contributed by atoms with van der Waals surface area (Å²) in [6, 6.07) is 2.65. The number of hydrogen-bond acceptors (Lipinski definition) is 2. The van der Waals surface area contributed by atoms with Crippen molar-refractivity contribution >= 4 is 0 Å². The SMILES string of the molecule is CC(C)n1ccc(CC2CCC2CNC(C)(C)C)n1. The molecule has 3 nitrogen and oxygen atoms in total. The van der Waals surface area contributed by atoms with Crippen molar-refractivity contribution in [3.8, 4) is 0 Å². The van der Waals surface area contributed by atoms with E-state index in [0.29, 0.717) is 6.04 Å². The van der Waals surface area contributed by atoms with Crippen molar-refractivity contribution in [1.82, 2.24) is 15.1 Å². The number of nitrogens with one attached hydrogen (secondary N) is 1. The first-order valence-electron chi connectivity index (χ1n) is 7.64. The molecule has 1 heterocycles. The average Bonchev–Trinajstić information content (AvgIpc) is 2.71. The highest BCUT2D eigenvalue weighted by atomic mass is 15.3. The molecule has 1 saturated carbocycles. The van der Waals surface area contributed by atoms with Gasteiger partial charge in [0.25, 0.3) is 0 Å². The van der Waals surface area contributed by atoms with Gasteiger partial charge in [0, 0.05) is 17.8 Å². The molecular formula is C16H29N3. The van der Waals surface area contributed by atoms with Crippen LogP contribution in [0.15, 0.2) is 12.3 Å². The Morgan fingerprint density at radius 2 is 2.00 bits per heavy atom. The molecule has 1 aromatic rings. The van der Waals surface area contributed by atoms with E-state index in [-0.39, 0.29) is 5.54 Å². The van der Waals surface area contributed by atoms with Crippen LogP contribution in [-0.2, 0) is 6.42 Å². The Balaban J connectivity index is 1.82. The minimum atomic E-state index is 0.235. The second-order valence-electron chi connectivity index (χ2n) is 7.31. The van der Waals surface area contributed by atoms with Crippen molar-refractivity contribution in [2.45, 2.75) is 65.5 Å². The van der Waals surface area contributed by atoms with Gasteiger partial charge in [0.2, 0.25) is 0 Å². The molecule has 0 aromatic carbocycles. The summed E-state index contributed by atoms with van der Waals surface area (Å²) >= 11 is 0. The molecule has 0 amide bonds. The maximum Gasteiger partial charge on any atom is 0.0627 e. The first kappa shape index (κ1) is 14.6. The molecule has 0 aliphatic heterocycles. The van der Waals surface area contributed by atoms with Gasteiger partial charge in [-0.25, -0.2) is 0 Å². The summed E-state index contributed by atoms with van der Waals surface area (Å²) in [6.07, 6.45) is 6.00. The van der Waals surface area contributed by atoms with Crippen LogP contribution in [-0.4, -0.2) is 21.9 Å². The zero-order valence-corrected chi connectivity index (χ0v) is 13.1. The third kappa shape index (κ3) is 4.07. The van der Waals surface area contributed by atoms with Gasteiger partial charge in [-0.2, -0.15) is 5.10 Å². The van der Waals surface area contributed by atoms with Crippen LogP contribution < -0.4 is 5.32 Å². The first-order chi connectivity index (χ1) is 8.85. The molecule has 3 heteroatoms. The molecule has 0 bridgehead atoms. The number of hydrogen-bond donors (Lipinski definition) is 1. The van der Waals surface area contributed by atoms with Gasteiger partial charge in [0.15, 0.2) is 0 Å². The lowest BCUT2D eigenvalue weighted by molar-refractivity contribution is 0.158. The van der Waals surface area contributed by atoms with Crippen molar-refractivity contribution in [2.75, 3.05) is 6.54 Å². The fraction of sp³-hybridized carbons (Fsp3) is 0.812. The van der Waals surface area contributed by atoms with Crippen LogP contribution in [0.1, 0.15) is 59.2 Å². The molecule has 19 heavy (non-hydrogen) atoms. The predicted molar refractivity (Wildman–Crippen MR) is 80.3 cm³/mol. The fourth-order valence-electron chi connectivity index (χ4n) is 2.66. The van der Waals surface area contributed by atoms with Crippen molar-refractivity contribution in [3.63, 3.8) is 0 Å². The summed E-state index contributed by atoms with van der Waals surface area (Å²) in [4.78, 5) is 0. The molecule has 108 valence electrons. The van der Waals surface area contributed by atoms with E-state index in [0.717, 1.165) is 24.8 Å². The van der Waals surface area contributed by atoms with Gasteiger partial charge >= 0.3 is 0 Å². The van der Waals surface area contributed by atoms with Crippen molar-refractivity contribution in [1.29, 1.82) is 0 Å². The molecule has 2 rings (SSSR count). The first-order valence-corrected chi connectivity index (χ1v) is 7.64. The van der Waals surface area contributed by atoms with Gasteiger partial charge < -0.3 is 5.32 Å². The third-order valence-electron chi connectivity index (χ3n) is 4.13. The van der Waals surface area contributed by atoms with E-state index in [2.05, 4.69) is 62.0 Å². The second kappa shape index (κ2) is 5.66. The van der Waals surface area contributed by atoms with E-state index in [1.807, 2.05) is 0 Å². The van der Waals surface area contributed by atoms with Gasteiger partial charge in [-0.15, -0.1) is 0 Å². The Bertz CT molecular complexity index is 400. The van der Waals surface area contributed by atoms with E-state index in [1.54, 1.807) is 0 Å². The lowest BCUT2D eigenvalue weighted by Crippen LogP contribution is -2.44. The summed E-state index contributed by atoms with van der Waals surface area (Å²) < 4.78 is 2.07. The highest BCUT2D eigenvalue weighted by Crippen LogP contribution is 2.36. The highest BCUT2D eigenvalue weighted by molar-refractivity contribution is 5.03. The molecule has 2 unspecified atom stereocenters. The normalized spacial score (nSPS) is 23.7. The van der Waals surface area contributed by atoms with Gasteiger partial charge in [-0.05, 0) is 78.3 Å². The van der Waals surface area contributed by atoms with Crippen LogP contribution in [0, 0.1) is 11.8 Å². The Morgan fingerprint density at radius 1 is 1.32 bits per heavy atom. The maximum absolute atomic E-state index is 4.67. The van der Waals surface area contributed by atoms with Gasteiger partial charge in [0.1, 0.15) is 0 Å². The van der Waals surface area contributed by atoms with Crippen LogP contribution in [0.4, 0.5) is 0 Å². The van der Waals surface area contributed by atoms with E-state index in [4.69, 9.17) is 0 Å². The molecular weight excluding hydrogens is 234 g/mol. The van der Waals surface area contributed by atoms with Crippen molar-refractivity contribution in [2.24, 2.45) is 11.8 Å². The largest absolute Gasteiger partial charge is 0.312 e. The molecule has 0 radical (unpaired) electrons. The van der Waals surface area contributed by atoms with E-state index < -0.39 is 0 Å². The molecule has 1 N–H and O–H groups in total. The van der Waals surface area contributed by atoms with E-state index in [1.165, 1.54) is 18.5 Å².